The lowest BCUT2D eigenvalue weighted by Crippen LogP contribution is -2.40. The van der Waals surface area contributed by atoms with Crippen LogP contribution in [0.15, 0.2) is 42.5 Å². The number of nitrogens with one attached hydrogen (secondary N) is 2. The summed E-state index contributed by atoms with van der Waals surface area (Å²) < 4.78 is 43.4. The number of carbonyl (C=O) groups excluding carboxylic acids is 1. The van der Waals surface area contributed by atoms with Crippen molar-refractivity contribution < 1.29 is 27.4 Å². The van der Waals surface area contributed by atoms with Crippen LogP contribution >= 0.6 is 0 Å². The minimum Gasteiger partial charge on any atom is -0.463 e. The number of hydrogen-bond donors (Lipinski definition) is 3. The quantitative estimate of drug-likeness (QED) is 0.502. The van der Waals surface area contributed by atoms with Crippen LogP contribution in [-0.2, 0) is 31.6 Å². The van der Waals surface area contributed by atoms with Gasteiger partial charge in [-0.1, -0.05) is 12.1 Å². The summed E-state index contributed by atoms with van der Waals surface area (Å²) >= 11 is 0. The maximum Gasteiger partial charge on any atom is 0.346 e. The number of hydrogen-bond acceptors (Lipinski definition) is 6. The molecule has 10 heteroatoms. The highest BCUT2D eigenvalue weighted by Crippen LogP contribution is 2.29. The van der Waals surface area contributed by atoms with Gasteiger partial charge < -0.3 is 14.8 Å². The Hall–Kier alpha value is -2.98. The molecule has 3 aromatic rings. The Bertz CT molecular complexity index is 1140. The molecule has 0 bridgehead atoms. The Kier molecular flexibility index (Phi) is 5.58. The molecule has 29 heavy (non-hydrogen) atoms. The van der Waals surface area contributed by atoms with E-state index in [2.05, 4.69) is 14.7 Å². The van der Waals surface area contributed by atoms with Crippen LogP contribution in [0.25, 0.3) is 11.0 Å². The number of aromatic nitrogens is 2. The SMILES string of the molecule is CCOC(=O)[C@@](O)(Cc1ccc(F)cc1)c1nc2cc(NS(C)(=O)=O)ccc2[nH]1. The number of H-pyrrole nitrogens is 1. The number of aliphatic hydroxyl groups is 1. The summed E-state index contributed by atoms with van der Waals surface area (Å²) in [6.07, 6.45) is 0.829. The smallest absolute Gasteiger partial charge is 0.346 e. The molecular formula is C19H20FN3O5S. The first-order valence-corrected chi connectivity index (χ1v) is 10.6. The zero-order chi connectivity index (χ0) is 21.2. The van der Waals surface area contributed by atoms with Gasteiger partial charge in [-0.3, -0.25) is 4.72 Å². The van der Waals surface area contributed by atoms with Crippen LogP contribution in [0.5, 0.6) is 0 Å². The van der Waals surface area contributed by atoms with E-state index in [4.69, 9.17) is 4.74 Å². The van der Waals surface area contributed by atoms with Crippen molar-refractivity contribution >= 4 is 32.7 Å². The zero-order valence-corrected chi connectivity index (χ0v) is 16.6. The van der Waals surface area contributed by atoms with Gasteiger partial charge in [-0.25, -0.2) is 22.6 Å². The summed E-state index contributed by atoms with van der Waals surface area (Å²) in [6.45, 7) is 1.66. The lowest BCUT2D eigenvalue weighted by atomic mass is 9.93. The van der Waals surface area contributed by atoms with E-state index in [0.29, 0.717) is 16.6 Å². The van der Waals surface area contributed by atoms with Crippen molar-refractivity contribution in [2.75, 3.05) is 17.6 Å². The molecule has 0 aliphatic heterocycles. The fourth-order valence-corrected chi connectivity index (χ4v) is 3.44. The number of carbonyl (C=O) groups is 1. The van der Waals surface area contributed by atoms with Crippen molar-refractivity contribution in [3.8, 4) is 0 Å². The zero-order valence-electron chi connectivity index (χ0n) is 15.8. The molecule has 1 aromatic heterocycles. The number of nitrogens with zero attached hydrogens (tertiary/aromatic N) is 1. The lowest BCUT2D eigenvalue weighted by molar-refractivity contribution is -0.167. The first-order valence-electron chi connectivity index (χ1n) is 8.73. The molecule has 154 valence electrons. The number of fused-ring (bicyclic) bond motifs is 1. The summed E-state index contributed by atoms with van der Waals surface area (Å²) in [5.74, 6) is -1.41. The van der Waals surface area contributed by atoms with E-state index in [0.717, 1.165) is 6.26 Å². The molecule has 0 spiro atoms. The van der Waals surface area contributed by atoms with E-state index in [1.54, 1.807) is 13.0 Å². The Labute approximate surface area is 166 Å². The third-order valence-corrected chi connectivity index (χ3v) is 4.77. The molecule has 0 radical (unpaired) electrons. The van der Waals surface area contributed by atoms with Crippen LogP contribution in [-0.4, -0.2) is 42.3 Å². The van der Waals surface area contributed by atoms with Crippen LogP contribution in [0, 0.1) is 5.82 Å². The number of benzene rings is 2. The number of imidazole rings is 1. The topological polar surface area (TPSA) is 121 Å². The van der Waals surface area contributed by atoms with Gasteiger partial charge in [0, 0.05) is 6.42 Å². The number of esters is 1. The molecule has 3 rings (SSSR count). The number of sulfonamides is 1. The maximum absolute atomic E-state index is 13.2. The third kappa shape index (κ3) is 4.72. The van der Waals surface area contributed by atoms with E-state index in [1.807, 2.05) is 0 Å². The lowest BCUT2D eigenvalue weighted by Gasteiger charge is -2.23. The van der Waals surface area contributed by atoms with Crippen molar-refractivity contribution in [1.29, 1.82) is 0 Å². The van der Waals surface area contributed by atoms with E-state index in [-0.39, 0.29) is 24.5 Å². The van der Waals surface area contributed by atoms with E-state index < -0.39 is 27.4 Å². The highest BCUT2D eigenvalue weighted by atomic mass is 32.2. The van der Waals surface area contributed by atoms with Gasteiger partial charge in [-0.05, 0) is 42.8 Å². The van der Waals surface area contributed by atoms with Gasteiger partial charge in [-0.2, -0.15) is 0 Å². The number of rotatable bonds is 7. The fourth-order valence-electron chi connectivity index (χ4n) is 2.88. The molecule has 0 saturated heterocycles. The molecule has 0 saturated carbocycles. The molecule has 8 nitrogen and oxygen atoms in total. The third-order valence-electron chi connectivity index (χ3n) is 4.16. The monoisotopic (exact) mass is 421 g/mol. The Morgan fingerprint density at radius 1 is 1.28 bits per heavy atom. The Balaban J connectivity index is 2.03. The molecular weight excluding hydrogens is 401 g/mol. The van der Waals surface area contributed by atoms with Crippen LogP contribution in [0.2, 0.25) is 0 Å². The van der Waals surface area contributed by atoms with Gasteiger partial charge in [0.1, 0.15) is 5.82 Å². The van der Waals surface area contributed by atoms with Gasteiger partial charge in [0.25, 0.3) is 0 Å². The number of ether oxygens (including phenoxy) is 1. The molecule has 0 unspecified atom stereocenters. The number of aromatic amines is 1. The molecule has 0 amide bonds. The molecule has 3 N–H and O–H groups in total. The van der Waals surface area contributed by atoms with Gasteiger partial charge in [0.15, 0.2) is 5.82 Å². The fraction of sp³-hybridized carbons (Fsp3) is 0.263. The minimum absolute atomic E-state index is 0.0488. The van der Waals surface area contributed by atoms with Crippen molar-refractivity contribution in [2.24, 2.45) is 0 Å². The first kappa shape index (κ1) is 20.7. The number of anilines is 1. The van der Waals surface area contributed by atoms with E-state index in [1.165, 1.54) is 36.4 Å². The summed E-state index contributed by atoms with van der Waals surface area (Å²) in [5.41, 5.74) is -0.522. The molecule has 2 aromatic carbocycles. The summed E-state index contributed by atoms with van der Waals surface area (Å²) in [5, 5.41) is 11.2. The maximum atomic E-state index is 13.2. The predicted octanol–water partition coefficient (Wildman–Crippen LogP) is 2.07. The standard InChI is InChI=1S/C19H20FN3O5S/c1-3-28-18(24)19(25,11-12-4-6-13(20)7-5-12)17-21-15-9-8-14(10-16(15)22-17)23-29(2,26)27/h4-10,23,25H,3,11H2,1-2H3,(H,21,22)/t19-/m1/s1. The molecule has 1 atom stereocenters. The molecule has 0 fully saturated rings. The second-order valence-electron chi connectivity index (χ2n) is 6.58. The normalized spacial score (nSPS) is 13.8. The summed E-state index contributed by atoms with van der Waals surface area (Å²) in [7, 11) is -3.47. The first-order chi connectivity index (χ1) is 13.6. The average molecular weight is 421 g/mol. The predicted molar refractivity (Wildman–Crippen MR) is 105 cm³/mol. The van der Waals surface area contributed by atoms with Crippen LogP contribution in [0.4, 0.5) is 10.1 Å². The van der Waals surface area contributed by atoms with E-state index >= 15 is 0 Å². The van der Waals surface area contributed by atoms with Gasteiger partial charge in [-0.15, -0.1) is 0 Å². The average Bonchev–Trinajstić information content (AvgIpc) is 3.06. The number of halogens is 1. The minimum atomic E-state index is -3.47. The second kappa shape index (κ2) is 7.80. The largest absolute Gasteiger partial charge is 0.463 e. The highest BCUT2D eigenvalue weighted by Gasteiger charge is 2.43. The summed E-state index contributed by atoms with van der Waals surface area (Å²) in [6, 6.07) is 9.93. The van der Waals surface area contributed by atoms with Crippen LogP contribution in [0.1, 0.15) is 18.3 Å². The Morgan fingerprint density at radius 3 is 2.59 bits per heavy atom. The van der Waals surface area contributed by atoms with Crippen molar-refractivity contribution in [2.45, 2.75) is 18.9 Å². The van der Waals surface area contributed by atoms with Crippen molar-refractivity contribution in [1.82, 2.24) is 9.97 Å². The van der Waals surface area contributed by atoms with Crippen molar-refractivity contribution in [3.05, 3.63) is 59.7 Å². The van der Waals surface area contributed by atoms with Crippen LogP contribution in [0.3, 0.4) is 0 Å². The second-order valence-corrected chi connectivity index (χ2v) is 8.32. The van der Waals surface area contributed by atoms with E-state index in [9.17, 15) is 22.7 Å². The van der Waals surface area contributed by atoms with Crippen LogP contribution < -0.4 is 4.72 Å². The molecule has 1 heterocycles. The summed E-state index contributed by atoms with van der Waals surface area (Å²) in [4.78, 5) is 19.7. The Morgan fingerprint density at radius 2 is 1.97 bits per heavy atom. The van der Waals surface area contributed by atoms with Crippen molar-refractivity contribution in [3.63, 3.8) is 0 Å². The molecule has 0 aliphatic rings. The van der Waals surface area contributed by atoms with Gasteiger partial charge in [0.05, 0.1) is 29.6 Å². The highest BCUT2D eigenvalue weighted by molar-refractivity contribution is 7.92. The molecule has 0 aliphatic carbocycles. The van der Waals surface area contributed by atoms with Gasteiger partial charge in [0.2, 0.25) is 15.6 Å². The van der Waals surface area contributed by atoms with Gasteiger partial charge >= 0.3 is 5.97 Å².